The van der Waals surface area contributed by atoms with Gasteiger partial charge in [0.15, 0.2) is 0 Å². The van der Waals surface area contributed by atoms with E-state index in [0.29, 0.717) is 24.9 Å². The second-order valence-corrected chi connectivity index (χ2v) is 9.74. The van der Waals surface area contributed by atoms with Crippen LogP contribution in [0.3, 0.4) is 0 Å². The van der Waals surface area contributed by atoms with Crippen molar-refractivity contribution >= 4 is 6.09 Å². The minimum atomic E-state index is -0.481. The van der Waals surface area contributed by atoms with Crippen molar-refractivity contribution in [3.05, 3.63) is 35.6 Å². The Morgan fingerprint density at radius 2 is 1.90 bits per heavy atom. The fraction of sp³-hybridized carbons (Fsp3) is 0.696. The van der Waals surface area contributed by atoms with Gasteiger partial charge in [-0.25, -0.2) is 9.18 Å². The molecule has 1 unspecified atom stereocenters. The number of carbonyl (C=O) groups excluding carboxylic acids is 1. The van der Waals surface area contributed by atoms with Crippen LogP contribution in [-0.2, 0) is 11.2 Å². The SMILES string of the molecule is CC(C)(C)OC(=O)N1CC[C@@H](CN2CCCC(Cc3ccc(F)cc3)C2)[C@@H](N)C1. The first-order chi connectivity index (χ1) is 13.7. The lowest BCUT2D eigenvalue weighted by Crippen LogP contribution is -2.54. The Labute approximate surface area is 174 Å². The van der Waals surface area contributed by atoms with E-state index in [0.717, 1.165) is 32.5 Å². The second-order valence-electron chi connectivity index (χ2n) is 9.74. The van der Waals surface area contributed by atoms with Crippen LogP contribution in [-0.4, -0.2) is 60.3 Å². The predicted molar refractivity (Wildman–Crippen MR) is 113 cm³/mol. The number of piperidine rings is 2. The third-order valence-electron chi connectivity index (χ3n) is 5.99. The molecule has 3 atom stereocenters. The Morgan fingerprint density at radius 3 is 2.55 bits per heavy atom. The number of hydrogen-bond donors (Lipinski definition) is 1. The maximum atomic E-state index is 13.1. The third-order valence-corrected chi connectivity index (χ3v) is 5.99. The number of nitrogens with two attached hydrogens (primary N) is 1. The van der Waals surface area contributed by atoms with Crippen LogP contribution >= 0.6 is 0 Å². The summed E-state index contributed by atoms with van der Waals surface area (Å²) in [4.78, 5) is 16.6. The summed E-state index contributed by atoms with van der Waals surface area (Å²) >= 11 is 0. The Morgan fingerprint density at radius 1 is 1.17 bits per heavy atom. The van der Waals surface area contributed by atoms with Crippen molar-refractivity contribution in [2.75, 3.05) is 32.7 Å². The predicted octanol–water partition coefficient (Wildman–Crippen LogP) is 3.66. The fourth-order valence-corrected chi connectivity index (χ4v) is 4.52. The van der Waals surface area contributed by atoms with E-state index < -0.39 is 5.60 Å². The van der Waals surface area contributed by atoms with Crippen molar-refractivity contribution in [2.24, 2.45) is 17.6 Å². The van der Waals surface area contributed by atoms with E-state index in [-0.39, 0.29) is 18.0 Å². The zero-order valence-electron chi connectivity index (χ0n) is 18.1. The zero-order valence-corrected chi connectivity index (χ0v) is 18.1. The molecule has 29 heavy (non-hydrogen) atoms. The van der Waals surface area contributed by atoms with Gasteiger partial charge in [-0.3, -0.25) is 0 Å². The molecule has 6 heteroatoms. The summed E-state index contributed by atoms with van der Waals surface area (Å²) in [6.45, 7) is 10.1. The highest BCUT2D eigenvalue weighted by Crippen LogP contribution is 2.25. The number of benzene rings is 1. The number of carbonyl (C=O) groups is 1. The van der Waals surface area contributed by atoms with Gasteiger partial charge in [0.2, 0.25) is 0 Å². The fourth-order valence-electron chi connectivity index (χ4n) is 4.52. The van der Waals surface area contributed by atoms with Crippen LogP contribution in [0.2, 0.25) is 0 Å². The van der Waals surface area contributed by atoms with Crippen molar-refractivity contribution in [3.8, 4) is 0 Å². The zero-order chi connectivity index (χ0) is 21.0. The average molecular weight is 406 g/mol. The Hall–Kier alpha value is -1.66. The Bertz CT molecular complexity index is 674. The van der Waals surface area contributed by atoms with Gasteiger partial charge in [-0.05, 0) is 82.5 Å². The van der Waals surface area contributed by atoms with Crippen molar-refractivity contribution in [1.82, 2.24) is 9.80 Å². The lowest BCUT2D eigenvalue weighted by Gasteiger charge is -2.41. The highest BCUT2D eigenvalue weighted by molar-refractivity contribution is 5.68. The molecule has 0 spiro atoms. The molecule has 3 rings (SSSR count). The van der Waals surface area contributed by atoms with Crippen molar-refractivity contribution in [2.45, 2.75) is 58.1 Å². The van der Waals surface area contributed by atoms with Crippen LogP contribution in [0.4, 0.5) is 9.18 Å². The van der Waals surface area contributed by atoms with Crippen LogP contribution < -0.4 is 5.73 Å². The average Bonchev–Trinajstić information content (AvgIpc) is 2.64. The minimum absolute atomic E-state index is 0.0197. The van der Waals surface area contributed by atoms with E-state index in [1.54, 1.807) is 17.0 Å². The van der Waals surface area contributed by atoms with Gasteiger partial charge in [-0.1, -0.05) is 12.1 Å². The Kier molecular flexibility index (Phi) is 7.17. The van der Waals surface area contributed by atoms with E-state index in [2.05, 4.69) is 4.90 Å². The van der Waals surface area contributed by atoms with E-state index in [9.17, 15) is 9.18 Å². The quantitative estimate of drug-likeness (QED) is 0.830. The van der Waals surface area contributed by atoms with Crippen molar-refractivity contribution in [3.63, 3.8) is 0 Å². The number of halogens is 1. The molecule has 2 aliphatic heterocycles. The molecule has 0 aromatic heterocycles. The molecule has 0 radical (unpaired) electrons. The van der Waals surface area contributed by atoms with Crippen LogP contribution in [0, 0.1) is 17.7 Å². The van der Waals surface area contributed by atoms with Gasteiger partial charge in [0.25, 0.3) is 0 Å². The molecule has 2 saturated heterocycles. The van der Waals surface area contributed by atoms with E-state index in [1.807, 2.05) is 32.9 Å². The van der Waals surface area contributed by atoms with Gasteiger partial charge in [0.1, 0.15) is 11.4 Å². The molecular formula is C23H36FN3O2. The number of likely N-dealkylation sites (tertiary alicyclic amines) is 2. The topological polar surface area (TPSA) is 58.8 Å². The summed E-state index contributed by atoms with van der Waals surface area (Å²) in [6.07, 6.45) is 4.07. The molecule has 1 aromatic rings. The normalized spacial score (nSPS) is 26.4. The summed E-state index contributed by atoms with van der Waals surface area (Å²) in [5.74, 6) is 0.830. The highest BCUT2D eigenvalue weighted by atomic mass is 19.1. The number of hydrogen-bond acceptors (Lipinski definition) is 4. The van der Waals surface area contributed by atoms with Crippen molar-refractivity contribution < 1.29 is 13.9 Å². The number of nitrogens with zero attached hydrogens (tertiary/aromatic N) is 2. The number of ether oxygens (including phenoxy) is 1. The monoisotopic (exact) mass is 405 g/mol. The third kappa shape index (κ3) is 6.68. The number of rotatable bonds is 4. The largest absolute Gasteiger partial charge is 0.444 e. The van der Waals surface area contributed by atoms with Gasteiger partial charge in [0, 0.05) is 32.2 Å². The van der Waals surface area contributed by atoms with Gasteiger partial charge in [-0.15, -0.1) is 0 Å². The highest BCUT2D eigenvalue weighted by Gasteiger charge is 2.33. The van der Waals surface area contributed by atoms with Crippen LogP contribution in [0.25, 0.3) is 0 Å². The molecule has 0 bridgehead atoms. The first-order valence-electron chi connectivity index (χ1n) is 10.9. The lowest BCUT2D eigenvalue weighted by molar-refractivity contribution is 0.0132. The second kappa shape index (κ2) is 9.43. The van der Waals surface area contributed by atoms with Crippen LogP contribution in [0.1, 0.15) is 45.6 Å². The maximum absolute atomic E-state index is 13.1. The standard InChI is InChI=1S/C23H36FN3O2/c1-23(2,3)29-22(28)27-12-10-19(21(25)16-27)15-26-11-4-5-18(14-26)13-17-6-8-20(24)9-7-17/h6-9,18-19,21H,4-5,10-16,25H2,1-3H3/t18?,19-,21-/m0/s1. The molecule has 0 saturated carbocycles. The minimum Gasteiger partial charge on any atom is -0.444 e. The van der Waals surface area contributed by atoms with Gasteiger partial charge >= 0.3 is 6.09 Å². The molecule has 2 aliphatic rings. The van der Waals surface area contributed by atoms with E-state index >= 15 is 0 Å². The molecule has 162 valence electrons. The smallest absolute Gasteiger partial charge is 0.410 e. The van der Waals surface area contributed by atoms with E-state index in [1.165, 1.54) is 18.4 Å². The molecule has 2 heterocycles. The molecule has 1 aromatic carbocycles. The maximum Gasteiger partial charge on any atom is 0.410 e. The van der Waals surface area contributed by atoms with Crippen molar-refractivity contribution in [1.29, 1.82) is 0 Å². The van der Waals surface area contributed by atoms with Gasteiger partial charge in [-0.2, -0.15) is 0 Å². The molecular weight excluding hydrogens is 369 g/mol. The van der Waals surface area contributed by atoms with Gasteiger partial charge in [0.05, 0.1) is 0 Å². The molecule has 0 aliphatic carbocycles. The molecule has 2 N–H and O–H groups in total. The molecule has 5 nitrogen and oxygen atoms in total. The first kappa shape index (κ1) is 22.0. The molecule has 2 fully saturated rings. The number of amides is 1. The summed E-state index contributed by atoms with van der Waals surface area (Å²) in [5.41, 5.74) is 7.18. The van der Waals surface area contributed by atoms with Crippen LogP contribution in [0.15, 0.2) is 24.3 Å². The summed E-state index contributed by atoms with van der Waals surface area (Å²) in [6, 6.07) is 6.88. The lowest BCUT2D eigenvalue weighted by atomic mass is 9.88. The molecule has 1 amide bonds. The Balaban J connectivity index is 1.47. The summed E-state index contributed by atoms with van der Waals surface area (Å²) in [5, 5.41) is 0. The summed E-state index contributed by atoms with van der Waals surface area (Å²) in [7, 11) is 0. The first-order valence-corrected chi connectivity index (χ1v) is 10.9. The van der Waals surface area contributed by atoms with Crippen LogP contribution in [0.5, 0.6) is 0 Å². The van der Waals surface area contributed by atoms with E-state index in [4.69, 9.17) is 10.5 Å². The summed E-state index contributed by atoms with van der Waals surface area (Å²) < 4.78 is 18.6. The van der Waals surface area contributed by atoms with Gasteiger partial charge < -0.3 is 20.3 Å².